The number of hydrogen-bond acceptors (Lipinski definition) is 4. The fourth-order valence-electron chi connectivity index (χ4n) is 1.60. The molecule has 1 aromatic carbocycles. The smallest absolute Gasteiger partial charge is 0.305 e. The Morgan fingerprint density at radius 2 is 2.00 bits per heavy atom. The van der Waals surface area contributed by atoms with Gasteiger partial charge in [0.05, 0.1) is 7.11 Å². The van der Waals surface area contributed by atoms with Gasteiger partial charge in [-0.3, -0.25) is 4.79 Å². The standard InChI is InChI=1S/C14H21NO3/c1-14(2,3)18-12-7-5-6-11(15)10(12)8-9-13(16)17-4/h5-7H,8-9,15H2,1-4H3. The second kappa shape index (κ2) is 5.76. The maximum atomic E-state index is 11.2. The number of nitrogen functional groups attached to an aromatic ring is 1. The summed E-state index contributed by atoms with van der Waals surface area (Å²) in [4.78, 5) is 11.2. The molecule has 1 rings (SSSR count). The third kappa shape index (κ3) is 4.28. The number of nitrogens with two attached hydrogens (primary N) is 1. The first kappa shape index (κ1) is 14.4. The maximum absolute atomic E-state index is 11.2. The molecule has 0 bridgehead atoms. The van der Waals surface area contributed by atoms with Crippen molar-refractivity contribution >= 4 is 11.7 Å². The SMILES string of the molecule is COC(=O)CCc1c(N)cccc1OC(C)(C)C. The Morgan fingerprint density at radius 3 is 2.56 bits per heavy atom. The molecule has 4 nitrogen and oxygen atoms in total. The fraction of sp³-hybridized carbons (Fsp3) is 0.500. The van der Waals surface area contributed by atoms with Crippen LogP contribution in [0.5, 0.6) is 5.75 Å². The van der Waals surface area contributed by atoms with Crippen molar-refractivity contribution < 1.29 is 14.3 Å². The van der Waals surface area contributed by atoms with Crippen LogP contribution in [0.3, 0.4) is 0 Å². The Hall–Kier alpha value is -1.71. The van der Waals surface area contributed by atoms with Crippen molar-refractivity contribution in [1.29, 1.82) is 0 Å². The van der Waals surface area contributed by atoms with Gasteiger partial charge in [0.2, 0.25) is 0 Å². The van der Waals surface area contributed by atoms with Gasteiger partial charge >= 0.3 is 5.97 Å². The lowest BCUT2D eigenvalue weighted by atomic mass is 10.1. The summed E-state index contributed by atoms with van der Waals surface area (Å²) in [6.07, 6.45) is 0.815. The molecule has 0 saturated carbocycles. The topological polar surface area (TPSA) is 61.5 Å². The fourth-order valence-corrected chi connectivity index (χ4v) is 1.60. The monoisotopic (exact) mass is 251 g/mol. The van der Waals surface area contributed by atoms with Gasteiger partial charge in [-0.05, 0) is 39.3 Å². The number of methoxy groups -OCH3 is 1. The summed E-state index contributed by atoms with van der Waals surface area (Å²) in [6, 6.07) is 5.52. The van der Waals surface area contributed by atoms with Crippen LogP contribution in [-0.4, -0.2) is 18.7 Å². The average Bonchev–Trinajstić information content (AvgIpc) is 2.25. The van der Waals surface area contributed by atoms with Crippen LogP contribution in [0.15, 0.2) is 18.2 Å². The van der Waals surface area contributed by atoms with Gasteiger partial charge in [0.1, 0.15) is 11.4 Å². The van der Waals surface area contributed by atoms with E-state index >= 15 is 0 Å². The van der Waals surface area contributed by atoms with Crippen molar-refractivity contribution in [2.75, 3.05) is 12.8 Å². The Labute approximate surface area is 108 Å². The molecule has 0 spiro atoms. The lowest BCUT2D eigenvalue weighted by Gasteiger charge is -2.24. The molecule has 100 valence electrons. The lowest BCUT2D eigenvalue weighted by Crippen LogP contribution is -2.24. The van der Waals surface area contributed by atoms with E-state index in [9.17, 15) is 4.79 Å². The van der Waals surface area contributed by atoms with Crippen LogP contribution in [0.25, 0.3) is 0 Å². The van der Waals surface area contributed by atoms with E-state index in [2.05, 4.69) is 4.74 Å². The normalized spacial score (nSPS) is 11.1. The molecule has 4 heteroatoms. The summed E-state index contributed by atoms with van der Waals surface area (Å²) in [5.41, 5.74) is 7.14. The number of esters is 1. The first-order chi connectivity index (χ1) is 8.33. The molecule has 18 heavy (non-hydrogen) atoms. The van der Waals surface area contributed by atoms with E-state index in [4.69, 9.17) is 10.5 Å². The minimum absolute atomic E-state index is 0.250. The van der Waals surface area contributed by atoms with Crippen molar-refractivity contribution in [3.05, 3.63) is 23.8 Å². The van der Waals surface area contributed by atoms with Crippen molar-refractivity contribution in [3.8, 4) is 5.75 Å². The third-order valence-corrected chi connectivity index (χ3v) is 2.39. The highest BCUT2D eigenvalue weighted by Crippen LogP contribution is 2.28. The van der Waals surface area contributed by atoms with Gasteiger partial charge in [-0.25, -0.2) is 0 Å². The second-order valence-corrected chi connectivity index (χ2v) is 5.11. The van der Waals surface area contributed by atoms with E-state index in [0.717, 1.165) is 11.3 Å². The molecule has 0 fully saturated rings. The van der Waals surface area contributed by atoms with Crippen LogP contribution in [0.1, 0.15) is 32.8 Å². The van der Waals surface area contributed by atoms with Crippen LogP contribution in [0.4, 0.5) is 5.69 Å². The van der Waals surface area contributed by atoms with E-state index in [1.54, 1.807) is 0 Å². The largest absolute Gasteiger partial charge is 0.488 e. The molecule has 0 unspecified atom stereocenters. The predicted molar refractivity (Wildman–Crippen MR) is 71.6 cm³/mol. The molecule has 0 aliphatic rings. The Bertz CT molecular complexity index is 422. The van der Waals surface area contributed by atoms with Crippen LogP contribution in [0, 0.1) is 0 Å². The van der Waals surface area contributed by atoms with Gasteiger partial charge in [-0.15, -0.1) is 0 Å². The molecule has 0 aliphatic carbocycles. The van der Waals surface area contributed by atoms with Crippen LogP contribution in [0.2, 0.25) is 0 Å². The highest BCUT2D eigenvalue weighted by atomic mass is 16.5. The van der Waals surface area contributed by atoms with Gasteiger partial charge in [0.15, 0.2) is 0 Å². The summed E-state index contributed by atoms with van der Waals surface area (Å²) in [5.74, 6) is 0.478. The zero-order valence-electron chi connectivity index (χ0n) is 11.4. The summed E-state index contributed by atoms with van der Waals surface area (Å²) in [5, 5.41) is 0. The van der Waals surface area contributed by atoms with Gasteiger partial charge < -0.3 is 15.2 Å². The summed E-state index contributed by atoms with van der Waals surface area (Å²) >= 11 is 0. The number of carbonyl (C=O) groups excluding carboxylic acids is 1. The lowest BCUT2D eigenvalue weighted by molar-refractivity contribution is -0.140. The van der Waals surface area contributed by atoms with Crippen LogP contribution in [-0.2, 0) is 16.0 Å². The number of carbonyl (C=O) groups is 1. The van der Waals surface area contributed by atoms with E-state index in [1.807, 2.05) is 39.0 Å². The van der Waals surface area contributed by atoms with E-state index in [0.29, 0.717) is 18.5 Å². The molecule has 1 aromatic rings. The van der Waals surface area contributed by atoms with Crippen LogP contribution < -0.4 is 10.5 Å². The first-order valence-electron chi connectivity index (χ1n) is 5.96. The molecular weight excluding hydrogens is 230 g/mol. The molecule has 0 saturated heterocycles. The summed E-state index contributed by atoms with van der Waals surface area (Å²) in [6.45, 7) is 5.92. The van der Waals surface area contributed by atoms with E-state index in [-0.39, 0.29) is 11.6 Å². The molecule has 0 aromatic heterocycles. The van der Waals surface area contributed by atoms with Crippen molar-refractivity contribution in [2.45, 2.75) is 39.2 Å². The molecule has 0 atom stereocenters. The number of ether oxygens (including phenoxy) is 2. The minimum atomic E-state index is -0.298. The number of rotatable bonds is 4. The van der Waals surface area contributed by atoms with Crippen molar-refractivity contribution in [3.63, 3.8) is 0 Å². The van der Waals surface area contributed by atoms with Crippen molar-refractivity contribution in [1.82, 2.24) is 0 Å². The molecule has 2 N–H and O–H groups in total. The van der Waals surface area contributed by atoms with Gasteiger partial charge in [-0.1, -0.05) is 6.07 Å². The number of hydrogen-bond donors (Lipinski definition) is 1. The number of benzene rings is 1. The van der Waals surface area contributed by atoms with Crippen LogP contribution >= 0.6 is 0 Å². The highest BCUT2D eigenvalue weighted by molar-refractivity contribution is 5.70. The molecule has 0 heterocycles. The highest BCUT2D eigenvalue weighted by Gasteiger charge is 2.16. The minimum Gasteiger partial charge on any atom is -0.488 e. The van der Waals surface area contributed by atoms with Gasteiger partial charge in [0.25, 0.3) is 0 Å². The van der Waals surface area contributed by atoms with E-state index < -0.39 is 0 Å². The quantitative estimate of drug-likeness (QED) is 0.660. The number of anilines is 1. The Balaban J connectivity index is 2.90. The second-order valence-electron chi connectivity index (χ2n) is 5.11. The van der Waals surface area contributed by atoms with Crippen molar-refractivity contribution in [2.24, 2.45) is 0 Å². The molecular formula is C14H21NO3. The zero-order chi connectivity index (χ0) is 13.8. The zero-order valence-corrected chi connectivity index (χ0v) is 11.4. The predicted octanol–water partition coefficient (Wildman–Crippen LogP) is 2.55. The Morgan fingerprint density at radius 1 is 1.33 bits per heavy atom. The van der Waals surface area contributed by atoms with Gasteiger partial charge in [0, 0.05) is 17.7 Å². The Kier molecular flexibility index (Phi) is 4.59. The molecule has 0 aliphatic heterocycles. The summed E-state index contributed by atoms with van der Waals surface area (Å²) in [7, 11) is 1.38. The molecule has 0 radical (unpaired) electrons. The molecule has 0 amide bonds. The first-order valence-corrected chi connectivity index (χ1v) is 5.96. The van der Waals surface area contributed by atoms with E-state index in [1.165, 1.54) is 7.11 Å². The van der Waals surface area contributed by atoms with Gasteiger partial charge in [-0.2, -0.15) is 0 Å². The maximum Gasteiger partial charge on any atom is 0.305 e. The third-order valence-electron chi connectivity index (χ3n) is 2.39. The average molecular weight is 251 g/mol. The summed E-state index contributed by atoms with van der Waals surface area (Å²) < 4.78 is 10.5.